The molecule has 5 heteroatoms. The largest absolute Gasteiger partial charge is 0.472 e. The summed E-state index contributed by atoms with van der Waals surface area (Å²) in [6.45, 7) is 6.24. The lowest BCUT2D eigenvalue weighted by Crippen LogP contribution is -2.44. The van der Waals surface area contributed by atoms with Crippen LogP contribution in [0.15, 0.2) is 23.0 Å². The predicted molar refractivity (Wildman–Crippen MR) is 80.1 cm³/mol. The summed E-state index contributed by atoms with van der Waals surface area (Å²) in [4.78, 5) is 4.67. The summed E-state index contributed by atoms with van der Waals surface area (Å²) >= 11 is 0. The zero-order chi connectivity index (χ0) is 14.7. The molecular formula is C16H26N2O3. The Morgan fingerprint density at radius 1 is 1.43 bits per heavy atom. The SMILES string of the molecule is CN(C)C[C@H]1CO[C@@]2(COCCN(Cc3ccoc3)C2)C1. The normalized spacial score (nSPS) is 31.1. The summed E-state index contributed by atoms with van der Waals surface area (Å²) in [7, 11) is 4.25. The molecule has 1 spiro atoms. The van der Waals surface area contributed by atoms with Crippen LogP contribution in [0.5, 0.6) is 0 Å². The number of hydrogen-bond acceptors (Lipinski definition) is 5. The van der Waals surface area contributed by atoms with Crippen molar-refractivity contribution in [2.24, 2.45) is 5.92 Å². The van der Waals surface area contributed by atoms with Gasteiger partial charge in [-0.25, -0.2) is 0 Å². The van der Waals surface area contributed by atoms with Crippen molar-refractivity contribution in [1.29, 1.82) is 0 Å². The molecule has 3 heterocycles. The molecule has 0 bridgehead atoms. The van der Waals surface area contributed by atoms with E-state index in [-0.39, 0.29) is 5.60 Å². The van der Waals surface area contributed by atoms with Crippen molar-refractivity contribution >= 4 is 0 Å². The van der Waals surface area contributed by atoms with E-state index in [0.29, 0.717) is 5.92 Å². The van der Waals surface area contributed by atoms with Crippen molar-refractivity contribution in [3.8, 4) is 0 Å². The molecular weight excluding hydrogens is 268 g/mol. The molecule has 5 nitrogen and oxygen atoms in total. The first-order valence-corrected chi connectivity index (χ1v) is 7.75. The lowest BCUT2D eigenvalue weighted by molar-refractivity contribution is -0.0563. The molecule has 0 saturated carbocycles. The fraction of sp³-hybridized carbons (Fsp3) is 0.750. The summed E-state index contributed by atoms with van der Waals surface area (Å²) in [5.74, 6) is 0.609. The van der Waals surface area contributed by atoms with Gasteiger partial charge in [0.1, 0.15) is 5.60 Å². The van der Waals surface area contributed by atoms with Gasteiger partial charge in [-0.1, -0.05) is 0 Å². The predicted octanol–water partition coefficient (Wildman–Crippen LogP) is 1.45. The van der Waals surface area contributed by atoms with E-state index in [4.69, 9.17) is 13.9 Å². The van der Waals surface area contributed by atoms with E-state index in [0.717, 1.165) is 52.4 Å². The molecule has 2 aliphatic rings. The first kappa shape index (κ1) is 15.0. The van der Waals surface area contributed by atoms with E-state index in [1.165, 1.54) is 5.56 Å². The molecule has 2 atom stereocenters. The third-order valence-corrected chi connectivity index (χ3v) is 4.32. The Bertz CT molecular complexity index is 435. The number of ether oxygens (including phenoxy) is 2. The lowest BCUT2D eigenvalue weighted by atomic mass is 9.94. The van der Waals surface area contributed by atoms with Crippen LogP contribution in [0.2, 0.25) is 0 Å². The van der Waals surface area contributed by atoms with Gasteiger partial charge in [-0.15, -0.1) is 0 Å². The molecule has 0 N–H and O–H groups in total. The molecule has 0 unspecified atom stereocenters. The second-order valence-electron chi connectivity index (χ2n) is 6.72. The Labute approximate surface area is 126 Å². The molecule has 1 aromatic rings. The molecule has 0 aliphatic carbocycles. The Morgan fingerprint density at radius 2 is 2.33 bits per heavy atom. The third-order valence-electron chi connectivity index (χ3n) is 4.32. The summed E-state index contributed by atoms with van der Waals surface area (Å²) in [5, 5.41) is 0. The van der Waals surface area contributed by atoms with Crippen LogP contribution >= 0.6 is 0 Å². The smallest absolute Gasteiger partial charge is 0.104 e. The third kappa shape index (κ3) is 3.86. The van der Waals surface area contributed by atoms with Gasteiger partial charge in [-0.3, -0.25) is 4.90 Å². The van der Waals surface area contributed by atoms with Gasteiger partial charge in [0.15, 0.2) is 0 Å². The first-order valence-electron chi connectivity index (χ1n) is 7.75. The highest BCUT2D eigenvalue weighted by molar-refractivity contribution is 5.06. The molecule has 0 aromatic carbocycles. The Morgan fingerprint density at radius 3 is 3.10 bits per heavy atom. The van der Waals surface area contributed by atoms with Gasteiger partial charge in [0.25, 0.3) is 0 Å². The summed E-state index contributed by atoms with van der Waals surface area (Å²) in [5.41, 5.74) is 1.09. The fourth-order valence-electron chi connectivity index (χ4n) is 3.54. The van der Waals surface area contributed by atoms with Gasteiger partial charge >= 0.3 is 0 Å². The number of hydrogen-bond donors (Lipinski definition) is 0. The summed E-state index contributed by atoms with van der Waals surface area (Å²) in [6, 6.07) is 2.03. The molecule has 2 fully saturated rings. The average molecular weight is 294 g/mol. The highest BCUT2D eigenvalue weighted by Crippen LogP contribution is 2.33. The molecule has 0 radical (unpaired) electrons. The lowest BCUT2D eigenvalue weighted by Gasteiger charge is -2.31. The van der Waals surface area contributed by atoms with Crippen LogP contribution in [0, 0.1) is 5.92 Å². The van der Waals surface area contributed by atoms with Crippen LogP contribution in [-0.2, 0) is 16.0 Å². The zero-order valence-corrected chi connectivity index (χ0v) is 13.1. The quantitative estimate of drug-likeness (QED) is 0.840. The fourth-order valence-corrected chi connectivity index (χ4v) is 3.54. The molecule has 118 valence electrons. The van der Waals surface area contributed by atoms with Crippen molar-refractivity contribution in [1.82, 2.24) is 9.80 Å². The van der Waals surface area contributed by atoms with E-state index in [1.807, 2.05) is 12.3 Å². The van der Waals surface area contributed by atoms with Crippen LogP contribution < -0.4 is 0 Å². The van der Waals surface area contributed by atoms with Gasteiger partial charge in [0, 0.05) is 31.7 Å². The minimum absolute atomic E-state index is 0.124. The molecule has 2 saturated heterocycles. The van der Waals surface area contributed by atoms with Gasteiger partial charge in [0.05, 0.1) is 32.3 Å². The number of nitrogens with zero attached hydrogens (tertiary/aromatic N) is 2. The maximum Gasteiger partial charge on any atom is 0.104 e. The van der Waals surface area contributed by atoms with Gasteiger partial charge in [-0.05, 0) is 32.5 Å². The van der Waals surface area contributed by atoms with E-state index < -0.39 is 0 Å². The van der Waals surface area contributed by atoms with Crippen molar-refractivity contribution in [3.63, 3.8) is 0 Å². The standard InChI is InChI=1S/C16H26N2O3/c1-17(2)8-15-7-16(21-11-15)12-18(4-6-20-13-16)9-14-3-5-19-10-14/h3,5,10,15H,4,6-9,11-13H2,1-2H3/t15-,16-/m0/s1. The van der Waals surface area contributed by atoms with Crippen LogP contribution in [0.25, 0.3) is 0 Å². The van der Waals surface area contributed by atoms with E-state index in [9.17, 15) is 0 Å². The average Bonchev–Trinajstić information content (AvgIpc) is 3.00. The van der Waals surface area contributed by atoms with E-state index >= 15 is 0 Å². The van der Waals surface area contributed by atoms with E-state index in [2.05, 4.69) is 23.9 Å². The summed E-state index contributed by atoms with van der Waals surface area (Å²) in [6.07, 6.45) is 4.65. The molecule has 3 rings (SSSR count). The molecule has 1 aromatic heterocycles. The van der Waals surface area contributed by atoms with Crippen LogP contribution in [0.3, 0.4) is 0 Å². The zero-order valence-electron chi connectivity index (χ0n) is 13.1. The maximum atomic E-state index is 6.21. The van der Waals surface area contributed by atoms with Crippen molar-refractivity contribution in [2.75, 3.05) is 53.6 Å². The number of rotatable bonds is 4. The molecule has 0 amide bonds. The maximum absolute atomic E-state index is 6.21. The first-order chi connectivity index (χ1) is 10.2. The molecule has 21 heavy (non-hydrogen) atoms. The second kappa shape index (κ2) is 6.48. The Balaban J connectivity index is 1.62. The van der Waals surface area contributed by atoms with Crippen LogP contribution in [-0.4, -0.2) is 69.0 Å². The van der Waals surface area contributed by atoms with Gasteiger partial charge < -0.3 is 18.8 Å². The Hall–Kier alpha value is -0.880. The molecule has 2 aliphatic heterocycles. The minimum Gasteiger partial charge on any atom is -0.472 e. The van der Waals surface area contributed by atoms with Crippen molar-refractivity contribution in [3.05, 3.63) is 24.2 Å². The highest BCUT2D eigenvalue weighted by atomic mass is 16.5. The highest BCUT2D eigenvalue weighted by Gasteiger charge is 2.43. The topological polar surface area (TPSA) is 38.1 Å². The van der Waals surface area contributed by atoms with Crippen LogP contribution in [0.4, 0.5) is 0 Å². The second-order valence-corrected chi connectivity index (χ2v) is 6.72. The monoisotopic (exact) mass is 294 g/mol. The van der Waals surface area contributed by atoms with Crippen LogP contribution in [0.1, 0.15) is 12.0 Å². The van der Waals surface area contributed by atoms with Crippen molar-refractivity contribution < 1.29 is 13.9 Å². The summed E-state index contributed by atoms with van der Waals surface area (Å²) < 4.78 is 17.2. The van der Waals surface area contributed by atoms with E-state index in [1.54, 1.807) is 6.26 Å². The van der Waals surface area contributed by atoms with Crippen molar-refractivity contribution in [2.45, 2.75) is 18.6 Å². The van der Waals surface area contributed by atoms with Gasteiger partial charge in [0.2, 0.25) is 0 Å². The number of furan rings is 1. The van der Waals surface area contributed by atoms with Gasteiger partial charge in [-0.2, -0.15) is 0 Å². The minimum atomic E-state index is -0.124. The Kier molecular flexibility index (Phi) is 4.64.